The number of hydrogen-bond donors (Lipinski definition) is 2. The highest BCUT2D eigenvalue weighted by Crippen LogP contribution is 2.16. The van der Waals surface area contributed by atoms with E-state index in [1.807, 2.05) is 25.1 Å². The van der Waals surface area contributed by atoms with Crippen molar-refractivity contribution in [2.45, 2.75) is 32.5 Å². The molecule has 1 aliphatic rings. The van der Waals surface area contributed by atoms with Crippen LogP contribution in [0.1, 0.15) is 29.5 Å². The summed E-state index contributed by atoms with van der Waals surface area (Å²) in [5.74, 6) is 0.106. The molecule has 4 heteroatoms. The van der Waals surface area contributed by atoms with Gasteiger partial charge in [-0.25, -0.2) is 0 Å². The van der Waals surface area contributed by atoms with Crippen LogP contribution in [-0.2, 0) is 16.1 Å². The summed E-state index contributed by atoms with van der Waals surface area (Å²) in [5, 5.41) is 7.40. The number of ether oxygens (including phenoxy) is 2. The highest BCUT2D eigenvalue weighted by atomic mass is 16.5. The zero-order valence-corrected chi connectivity index (χ0v) is 10.7. The Morgan fingerprint density at radius 1 is 1.44 bits per heavy atom. The first-order valence-electron chi connectivity index (χ1n) is 6.30. The first-order valence-corrected chi connectivity index (χ1v) is 6.30. The molecule has 1 saturated heterocycles. The third-order valence-corrected chi connectivity index (χ3v) is 3.30. The molecular formula is C14H20N2O2. The Morgan fingerprint density at radius 3 is 2.78 bits per heavy atom. The maximum absolute atomic E-state index is 7.40. The lowest BCUT2D eigenvalue weighted by Crippen LogP contribution is -2.23. The van der Waals surface area contributed by atoms with Crippen LogP contribution in [0, 0.1) is 12.3 Å². The molecule has 1 aromatic rings. The summed E-state index contributed by atoms with van der Waals surface area (Å²) in [6, 6.07) is 5.80. The van der Waals surface area contributed by atoms with Gasteiger partial charge in [0.2, 0.25) is 0 Å². The molecule has 1 fully saturated rings. The van der Waals surface area contributed by atoms with Gasteiger partial charge in [-0.05, 0) is 37.0 Å². The van der Waals surface area contributed by atoms with Crippen LogP contribution in [0.2, 0.25) is 0 Å². The summed E-state index contributed by atoms with van der Waals surface area (Å²) in [7, 11) is 0. The standard InChI is InChI=1S/C14H20N2O2/c1-10-8-11(14(15)16)2-3-12(10)9-18-13-4-6-17-7-5-13/h2-3,8,13H,4-7,9H2,1H3,(H3,15,16). The van der Waals surface area contributed by atoms with E-state index in [1.165, 1.54) is 0 Å². The van der Waals surface area contributed by atoms with E-state index >= 15 is 0 Å². The summed E-state index contributed by atoms with van der Waals surface area (Å²) >= 11 is 0. The van der Waals surface area contributed by atoms with Crippen molar-refractivity contribution in [3.8, 4) is 0 Å². The average Bonchev–Trinajstić information content (AvgIpc) is 2.38. The number of hydrogen-bond acceptors (Lipinski definition) is 3. The van der Waals surface area contributed by atoms with Crippen LogP contribution in [0.5, 0.6) is 0 Å². The van der Waals surface area contributed by atoms with Crippen molar-refractivity contribution in [2.24, 2.45) is 5.73 Å². The van der Waals surface area contributed by atoms with Gasteiger partial charge < -0.3 is 15.2 Å². The smallest absolute Gasteiger partial charge is 0.122 e. The fourth-order valence-corrected chi connectivity index (χ4v) is 2.08. The van der Waals surface area contributed by atoms with Gasteiger partial charge in [-0.2, -0.15) is 0 Å². The normalized spacial score (nSPS) is 16.7. The minimum Gasteiger partial charge on any atom is -0.384 e. The quantitative estimate of drug-likeness (QED) is 0.632. The Hall–Kier alpha value is -1.39. The van der Waals surface area contributed by atoms with Gasteiger partial charge in [0, 0.05) is 18.8 Å². The first kappa shape index (κ1) is 13.1. The third kappa shape index (κ3) is 3.31. The molecule has 4 nitrogen and oxygen atoms in total. The second-order valence-corrected chi connectivity index (χ2v) is 4.68. The van der Waals surface area contributed by atoms with Gasteiger partial charge >= 0.3 is 0 Å². The molecule has 1 aromatic carbocycles. The number of nitrogens with one attached hydrogen (secondary N) is 1. The Kier molecular flexibility index (Phi) is 4.33. The summed E-state index contributed by atoms with van der Waals surface area (Å²) < 4.78 is 11.2. The molecule has 2 rings (SSSR count). The van der Waals surface area contributed by atoms with E-state index in [0.717, 1.165) is 42.7 Å². The van der Waals surface area contributed by atoms with Crippen LogP contribution in [0.3, 0.4) is 0 Å². The van der Waals surface area contributed by atoms with Crippen LogP contribution in [0.4, 0.5) is 0 Å². The van der Waals surface area contributed by atoms with Crippen LogP contribution in [-0.4, -0.2) is 25.2 Å². The lowest BCUT2D eigenvalue weighted by Gasteiger charge is -2.22. The van der Waals surface area contributed by atoms with Gasteiger partial charge in [0.05, 0.1) is 12.7 Å². The highest BCUT2D eigenvalue weighted by molar-refractivity contribution is 5.95. The monoisotopic (exact) mass is 248 g/mol. The average molecular weight is 248 g/mol. The number of amidine groups is 1. The van der Waals surface area contributed by atoms with E-state index in [4.69, 9.17) is 20.6 Å². The van der Waals surface area contributed by atoms with E-state index < -0.39 is 0 Å². The Balaban J connectivity index is 1.94. The molecule has 0 unspecified atom stereocenters. The molecule has 1 heterocycles. The zero-order chi connectivity index (χ0) is 13.0. The van der Waals surface area contributed by atoms with Crippen molar-refractivity contribution in [3.63, 3.8) is 0 Å². The van der Waals surface area contributed by atoms with Crippen molar-refractivity contribution < 1.29 is 9.47 Å². The zero-order valence-electron chi connectivity index (χ0n) is 10.7. The number of benzene rings is 1. The lowest BCUT2D eigenvalue weighted by molar-refractivity contribution is -0.0391. The van der Waals surface area contributed by atoms with Crippen molar-refractivity contribution in [1.82, 2.24) is 0 Å². The molecule has 1 aliphatic heterocycles. The topological polar surface area (TPSA) is 68.3 Å². The van der Waals surface area contributed by atoms with Crippen molar-refractivity contribution >= 4 is 5.84 Å². The van der Waals surface area contributed by atoms with Gasteiger partial charge in [-0.15, -0.1) is 0 Å². The molecule has 0 saturated carbocycles. The predicted molar refractivity (Wildman–Crippen MR) is 70.8 cm³/mol. The summed E-state index contributed by atoms with van der Waals surface area (Å²) in [5.41, 5.74) is 8.51. The number of rotatable bonds is 4. The van der Waals surface area contributed by atoms with E-state index in [1.54, 1.807) is 0 Å². The van der Waals surface area contributed by atoms with Crippen LogP contribution in [0.25, 0.3) is 0 Å². The van der Waals surface area contributed by atoms with E-state index in [0.29, 0.717) is 12.7 Å². The molecule has 0 aliphatic carbocycles. The van der Waals surface area contributed by atoms with Gasteiger partial charge in [-0.1, -0.05) is 12.1 Å². The van der Waals surface area contributed by atoms with Crippen molar-refractivity contribution in [1.29, 1.82) is 5.41 Å². The van der Waals surface area contributed by atoms with Crippen LogP contribution < -0.4 is 5.73 Å². The maximum Gasteiger partial charge on any atom is 0.122 e. The molecule has 0 bridgehead atoms. The Bertz CT molecular complexity index is 426. The molecule has 0 radical (unpaired) electrons. The fraction of sp³-hybridized carbons (Fsp3) is 0.500. The fourth-order valence-electron chi connectivity index (χ4n) is 2.08. The van der Waals surface area contributed by atoms with Crippen LogP contribution >= 0.6 is 0 Å². The number of aryl methyl sites for hydroxylation is 1. The molecule has 98 valence electrons. The molecule has 3 N–H and O–H groups in total. The third-order valence-electron chi connectivity index (χ3n) is 3.30. The molecule has 0 amide bonds. The van der Waals surface area contributed by atoms with E-state index in [9.17, 15) is 0 Å². The maximum atomic E-state index is 7.40. The molecular weight excluding hydrogens is 228 g/mol. The van der Waals surface area contributed by atoms with Gasteiger partial charge in [0.25, 0.3) is 0 Å². The van der Waals surface area contributed by atoms with Crippen molar-refractivity contribution in [2.75, 3.05) is 13.2 Å². The second-order valence-electron chi connectivity index (χ2n) is 4.68. The largest absolute Gasteiger partial charge is 0.384 e. The Labute approximate surface area is 108 Å². The van der Waals surface area contributed by atoms with Gasteiger partial charge in [0.15, 0.2) is 0 Å². The van der Waals surface area contributed by atoms with Gasteiger partial charge in [0.1, 0.15) is 5.84 Å². The first-order chi connectivity index (χ1) is 8.66. The summed E-state index contributed by atoms with van der Waals surface area (Å²) in [4.78, 5) is 0. The number of nitrogens with two attached hydrogens (primary N) is 1. The predicted octanol–water partition coefficient (Wildman–Crippen LogP) is 1.97. The SMILES string of the molecule is Cc1cc(C(=N)N)ccc1COC1CCOCC1. The lowest BCUT2D eigenvalue weighted by atomic mass is 10.0. The summed E-state index contributed by atoms with van der Waals surface area (Å²) in [6.45, 7) is 4.24. The van der Waals surface area contributed by atoms with Gasteiger partial charge in [-0.3, -0.25) is 5.41 Å². The van der Waals surface area contributed by atoms with E-state index in [-0.39, 0.29) is 5.84 Å². The minimum absolute atomic E-state index is 0.106. The Morgan fingerprint density at radius 2 is 2.17 bits per heavy atom. The highest BCUT2D eigenvalue weighted by Gasteiger charge is 2.14. The molecule has 0 spiro atoms. The second kappa shape index (κ2) is 5.98. The molecule has 18 heavy (non-hydrogen) atoms. The van der Waals surface area contributed by atoms with E-state index in [2.05, 4.69) is 0 Å². The summed E-state index contributed by atoms with van der Waals surface area (Å²) in [6.07, 6.45) is 2.26. The number of nitrogen functional groups attached to an aromatic ring is 1. The molecule has 0 atom stereocenters. The molecule has 0 aromatic heterocycles. The van der Waals surface area contributed by atoms with Crippen molar-refractivity contribution in [3.05, 3.63) is 34.9 Å². The van der Waals surface area contributed by atoms with Crippen LogP contribution in [0.15, 0.2) is 18.2 Å². The minimum atomic E-state index is 0.106.